The van der Waals surface area contributed by atoms with E-state index >= 15 is 0 Å². The maximum atomic E-state index is 12.2. The van der Waals surface area contributed by atoms with Gasteiger partial charge in [0.1, 0.15) is 11.5 Å². The van der Waals surface area contributed by atoms with E-state index in [1.807, 2.05) is 24.3 Å². The summed E-state index contributed by atoms with van der Waals surface area (Å²) in [4.78, 5) is 21.1. The number of benzene rings is 2. The summed E-state index contributed by atoms with van der Waals surface area (Å²) in [5.41, 5.74) is 2.85. The van der Waals surface area contributed by atoms with Crippen molar-refractivity contribution in [3.8, 4) is 22.8 Å². The first-order valence-electron chi connectivity index (χ1n) is 8.35. The molecule has 2 heterocycles. The number of urea groups is 1. The second-order valence-corrected chi connectivity index (χ2v) is 5.88. The van der Waals surface area contributed by atoms with Crippen LogP contribution in [0.2, 0.25) is 0 Å². The highest BCUT2D eigenvalue weighted by Crippen LogP contribution is 2.24. The predicted octanol–water partition coefficient (Wildman–Crippen LogP) is 3.38. The molecular formula is C19H16N6O3. The first-order valence-corrected chi connectivity index (χ1v) is 8.35. The van der Waals surface area contributed by atoms with Gasteiger partial charge in [0.05, 0.1) is 19.0 Å². The molecule has 0 saturated heterocycles. The third kappa shape index (κ3) is 3.54. The number of hydrogen-bond acceptors (Lipinski definition) is 6. The zero-order chi connectivity index (χ0) is 19.5. The molecule has 0 aliphatic carbocycles. The Labute approximate surface area is 159 Å². The fourth-order valence-corrected chi connectivity index (χ4v) is 2.60. The molecule has 2 amide bonds. The van der Waals surface area contributed by atoms with E-state index in [9.17, 15) is 9.90 Å². The lowest BCUT2D eigenvalue weighted by Crippen LogP contribution is -2.19. The largest absolute Gasteiger partial charge is 0.508 e. The minimum absolute atomic E-state index is 0.117. The quantitative estimate of drug-likeness (QED) is 0.405. The number of fused-ring (bicyclic) bond motifs is 1. The van der Waals surface area contributed by atoms with Crippen LogP contribution in [0, 0.1) is 0 Å². The van der Waals surface area contributed by atoms with Gasteiger partial charge in [-0.1, -0.05) is 0 Å². The molecule has 9 nitrogen and oxygen atoms in total. The number of H-pyrrole nitrogens is 1. The van der Waals surface area contributed by atoms with Crippen molar-refractivity contribution in [2.45, 2.75) is 0 Å². The number of anilines is 2. The van der Waals surface area contributed by atoms with E-state index in [1.165, 1.54) is 12.1 Å². The van der Waals surface area contributed by atoms with Crippen LogP contribution in [-0.2, 0) is 0 Å². The Hall–Kier alpha value is -4.14. The van der Waals surface area contributed by atoms with Crippen LogP contribution in [0.1, 0.15) is 0 Å². The summed E-state index contributed by atoms with van der Waals surface area (Å²) in [6.45, 7) is 0. The summed E-state index contributed by atoms with van der Waals surface area (Å²) in [5.74, 6) is 1.19. The molecule has 2 aromatic carbocycles. The van der Waals surface area contributed by atoms with Gasteiger partial charge in [0.15, 0.2) is 11.3 Å². The zero-order valence-corrected chi connectivity index (χ0v) is 14.8. The minimum atomic E-state index is -0.479. The van der Waals surface area contributed by atoms with Gasteiger partial charge >= 0.3 is 6.03 Å². The van der Waals surface area contributed by atoms with Crippen molar-refractivity contribution in [2.75, 3.05) is 17.7 Å². The number of methoxy groups -OCH3 is 1. The van der Waals surface area contributed by atoms with Crippen molar-refractivity contribution >= 4 is 28.7 Å². The molecule has 0 aliphatic rings. The Morgan fingerprint density at radius 2 is 1.82 bits per heavy atom. The van der Waals surface area contributed by atoms with Crippen LogP contribution in [0.15, 0.2) is 54.7 Å². The molecule has 0 saturated carbocycles. The van der Waals surface area contributed by atoms with E-state index in [-0.39, 0.29) is 5.75 Å². The van der Waals surface area contributed by atoms with Crippen LogP contribution in [0.3, 0.4) is 0 Å². The van der Waals surface area contributed by atoms with E-state index in [4.69, 9.17) is 4.74 Å². The molecule has 0 spiro atoms. The number of ether oxygens (including phenoxy) is 1. The maximum absolute atomic E-state index is 12.2. The average Bonchev–Trinajstić information content (AvgIpc) is 3.11. The summed E-state index contributed by atoms with van der Waals surface area (Å²) in [7, 11) is 1.60. The van der Waals surface area contributed by atoms with Crippen molar-refractivity contribution < 1.29 is 14.6 Å². The molecule has 0 fully saturated rings. The molecule has 4 aromatic rings. The van der Waals surface area contributed by atoms with Crippen molar-refractivity contribution in [1.29, 1.82) is 0 Å². The summed E-state index contributed by atoms with van der Waals surface area (Å²) in [5, 5.41) is 21.4. The van der Waals surface area contributed by atoms with Crippen LogP contribution in [0.5, 0.6) is 11.5 Å². The van der Waals surface area contributed by atoms with Crippen LogP contribution in [0.25, 0.3) is 22.4 Å². The highest BCUT2D eigenvalue weighted by atomic mass is 16.5. The van der Waals surface area contributed by atoms with E-state index in [1.54, 1.807) is 25.4 Å². The van der Waals surface area contributed by atoms with Crippen LogP contribution >= 0.6 is 0 Å². The number of aromatic amines is 1. The molecule has 0 atom stereocenters. The van der Waals surface area contributed by atoms with Gasteiger partial charge < -0.3 is 15.2 Å². The van der Waals surface area contributed by atoms with Crippen molar-refractivity contribution in [1.82, 2.24) is 20.2 Å². The summed E-state index contributed by atoms with van der Waals surface area (Å²) < 4.78 is 5.16. The van der Waals surface area contributed by atoms with Gasteiger partial charge in [-0.05, 0) is 48.5 Å². The van der Waals surface area contributed by atoms with Crippen LogP contribution < -0.4 is 15.4 Å². The van der Waals surface area contributed by atoms with Gasteiger partial charge in [-0.15, -0.1) is 0 Å². The number of amides is 2. The minimum Gasteiger partial charge on any atom is -0.508 e. The molecular weight excluding hydrogens is 360 g/mol. The molecule has 2 aromatic heterocycles. The topological polar surface area (TPSA) is 125 Å². The Bertz CT molecular complexity index is 1120. The molecule has 0 unspecified atom stereocenters. The number of carbonyl (C=O) groups is 1. The van der Waals surface area contributed by atoms with Gasteiger partial charge in [-0.25, -0.2) is 14.8 Å². The van der Waals surface area contributed by atoms with E-state index in [2.05, 4.69) is 30.8 Å². The first-order chi connectivity index (χ1) is 13.6. The number of rotatable bonds is 4. The molecule has 4 rings (SSSR count). The number of aromatic nitrogens is 4. The van der Waals surface area contributed by atoms with Crippen LogP contribution in [0.4, 0.5) is 16.3 Å². The standard InChI is InChI=1S/C19H16N6O3/c1-28-14-8-2-11(3-9-14)15-10-20-17-16(22-15)18(25-24-17)23-19(27)21-12-4-6-13(26)7-5-12/h2-10,26H,1H3,(H3,20,21,23,24,25,27). The third-order valence-corrected chi connectivity index (χ3v) is 4.01. The molecule has 0 radical (unpaired) electrons. The molecule has 9 heteroatoms. The zero-order valence-electron chi connectivity index (χ0n) is 14.8. The van der Waals surface area contributed by atoms with Crippen molar-refractivity contribution in [3.63, 3.8) is 0 Å². The fourth-order valence-electron chi connectivity index (χ4n) is 2.60. The number of aromatic hydroxyl groups is 1. The van der Waals surface area contributed by atoms with Gasteiger partial charge in [0.25, 0.3) is 0 Å². The fraction of sp³-hybridized carbons (Fsp3) is 0.0526. The summed E-state index contributed by atoms with van der Waals surface area (Å²) in [6, 6.07) is 13.1. The van der Waals surface area contributed by atoms with E-state index in [0.29, 0.717) is 28.4 Å². The number of nitrogens with one attached hydrogen (secondary N) is 3. The second kappa shape index (κ2) is 7.23. The van der Waals surface area contributed by atoms with E-state index < -0.39 is 6.03 Å². The highest BCUT2D eigenvalue weighted by molar-refractivity contribution is 6.03. The van der Waals surface area contributed by atoms with Gasteiger partial charge in [0.2, 0.25) is 5.65 Å². The molecule has 0 aliphatic heterocycles. The lowest BCUT2D eigenvalue weighted by molar-refractivity contribution is 0.262. The molecule has 28 heavy (non-hydrogen) atoms. The molecule has 4 N–H and O–H groups in total. The second-order valence-electron chi connectivity index (χ2n) is 5.88. The molecule has 0 bridgehead atoms. The third-order valence-electron chi connectivity index (χ3n) is 4.01. The monoisotopic (exact) mass is 376 g/mol. The molecule has 140 valence electrons. The number of phenolic OH excluding ortho intramolecular Hbond substituents is 1. The summed E-state index contributed by atoms with van der Waals surface area (Å²) >= 11 is 0. The normalized spacial score (nSPS) is 10.6. The van der Waals surface area contributed by atoms with Gasteiger partial charge in [0, 0.05) is 11.3 Å². The maximum Gasteiger partial charge on any atom is 0.324 e. The Morgan fingerprint density at radius 3 is 2.54 bits per heavy atom. The smallest absolute Gasteiger partial charge is 0.324 e. The lowest BCUT2D eigenvalue weighted by atomic mass is 10.1. The highest BCUT2D eigenvalue weighted by Gasteiger charge is 2.13. The first kappa shape index (κ1) is 17.3. The Morgan fingerprint density at radius 1 is 1.07 bits per heavy atom. The summed E-state index contributed by atoms with van der Waals surface area (Å²) in [6.07, 6.45) is 1.62. The number of nitrogens with zero attached hydrogens (tertiary/aromatic N) is 3. The van der Waals surface area contributed by atoms with Crippen molar-refractivity contribution in [2.24, 2.45) is 0 Å². The number of phenols is 1. The number of carbonyl (C=O) groups excluding carboxylic acids is 1. The van der Waals surface area contributed by atoms with Gasteiger partial charge in [-0.2, -0.15) is 5.10 Å². The average molecular weight is 376 g/mol. The predicted molar refractivity (Wildman–Crippen MR) is 104 cm³/mol. The Kier molecular flexibility index (Phi) is 4.47. The Balaban J connectivity index is 1.57. The van der Waals surface area contributed by atoms with Crippen LogP contribution in [-0.4, -0.2) is 38.4 Å². The SMILES string of the molecule is COc1ccc(-c2cnc3n[nH]c(NC(=O)Nc4ccc(O)cc4)c3n2)cc1. The number of hydrogen-bond donors (Lipinski definition) is 4. The van der Waals surface area contributed by atoms with Crippen molar-refractivity contribution in [3.05, 3.63) is 54.7 Å². The lowest BCUT2D eigenvalue weighted by Gasteiger charge is -2.06. The van der Waals surface area contributed by atoms with Gasteiger partial charge in [-0.3, -0.25) is 10.4 Å². The van der Waals surface area contributed by atoms with E-state index in [0.717, 1.165) is 11.3 Å².